The maximum Gasteiger partial charge on any atom is 0.166 e. The van der Waals surface area contributed by atoms with E-state index < -0.39 is 0 Å². The zero-order valence-corrected chi connectivity index (χ0v) is 21.4. The standard InChI is InChI=1S/C31H30FN3O3/c1-20-29-26(34-33-20)19-37-16-5-4-15-35-27(18-36)23(24-13-14-25(32)30(29)31(24)35)11-7-17-38-28-12-6-9-21-8-2-3-10-22(21)28/h2-3,6,8-10,12-14,18H,4-5,7,11,15-17,19H2,1H3,(H,33,34). The Morgan fingerprint density at radius 1 is 1.08 bits per heavy atom. The molecule has 3 heterocycles. The first-order valence-corrected chi connectivity index (χ1v) is 13.2. The van der Waals surface area contributed by atoms with Gasteiger partial charge in [-0.05, 0) is 61.8 Å². The number of carbonyl (C=O) groups is 1. The van der Waals surface area contributed by atoms with Crippen LogP contribution >= 0.6 is 0 Å². The summed E-state index contributed by atoms with van der Waals surface area (Å²) in [7, 11) is 0. The fraction of sp³-hybridized carbons (Fsp3) is 0.290. The van der Waals surface area contributed by atoms with E-state index in [1.165, 1.54) is 6.07 Å². The van der Waals surface area contributed by atoms with Gasteiger partial charge in [-0.15, -0.1) is 0 Å². The molecule has 0 amide bonds. The summed E-state index contributed by atoms with van der Waals surface area (Å²) in [6, 6.07) is 17.5. The lowest BCUT2D eigenvalue weighted by Gasteiger charge is -2.12. The van der Waals surface area contributed by atoms with Crippen molar-refractivity contribution in [2.45, 2.75) is 45.8 Å². The fourth-order valence-electron chi connectivity index (χ4n) is 5.69. The number of halogens is 1. The van der Waals surface area contributed by atoms with Gasteiger partial charge in [0.15, 0.2) is 6.29 Å². The average molecular weight is 512 g/mol. The van der Waals surface area contributed by atoms with Gasteiger partial charge < -0.3 is 14.0 Å². The molecule has 194 valence electrons. The molecule has 1 aliphatic heterocycles. The molecule has 0 atom stereocenters. The highest BCUT2D eigenvalue weighted by molar-refractivity contribution is 6.02. The van der Waals surface area contributed by atoms with Crippen LogP contribution < -0.4 is 4.74 Å². The third-order valence-electron chi connectivity index (χ3n) is 7.44. The molecule has 7 heteroatoms. The zero-order chi connectivity index (χ0) is 26.1. The minimum atomic E-state index is -0.329. The van der Waals surface area contributed by atoms with Crippen molar-refractivity contribution in [2.24, 2.45) is 0 Å². The lowest BCUT2D eigenvalue weighted by atomic mass is 9.98. The first-order chi connectivity index (χ1) is 18.7. The maximum absolute atomic E-state index is 15.6. The number of carbonyl (C=O) groups excluding carboxylic acids is 1. The number of hydrogen-bond donors (Lipinski definition) is 1. The molecule has 0 radical (unpaired) electrons. The van der Waals surface area contributed by atoms with E-state index in [0.29, 0.717) is 49.7 Å². The molecule has 38 heavy (non-hydrogen) atoms. The van der Waals surface area contributed by atoms with Crippen molar-refractivity contribution in [3.63, 3.8) is 0 Å². The molecule has 0 saturated carbocycles. The zero-order valence-electron chi connectivity index (χ0n) is 21.4. The van der Waals surface area contributed by atoms with Crippen LogP contribution in [-0.2, 0) is 24.3 Å². The van der Waals surface area contributed by atoms with Crippen LogP contribution in [0.1, 0.15) is 46.7 Å². The molecule has 1 N–H and O–H groups in total. The van der Waals surface area contributed by atoms with Crippen molar-refractivity contribution >= 4 is 28.0 Å². The Kier molecular flexibility index (Phi) is 6.68. The smallest absolute Gasteiger partial charge is 0.166 e. The summed E-state index contributed by atoms with van der Waals surface area (Å²) >= 11 is 0. The molecule has 0 unspecified atom stereocenters. The molecule has 5 aromatic rings. The normalized spacial score (nSPS) is 13.8. The van der Waals surface area contributed by atoms with Crippen molar-refractivity contribution in [2.75, 3.05) is 13.2 Å². The maximum atomic E-state index is 15.6. The third kappa shape index (κ3) is 4.27. The van der Waals surface area contributed by atoms with Crippen LogP contribution in [-0.4, -0.2) is 34.3 Å². The predicted octanol–water partition coefficient (Wildman–Crippen LogP) is 6.77. The second-order valence-electron chi connectivity index (χ2n) is 9.81. The number of aryl methyl sites for hydroxylation is 3. The van der Waals surface area contributed by atoms with Crippen LogP contribution in [0.15, 0.2) is 54.6 Å². The number of fused-ring (bicyclic) bond motifs is 3. The Morgan fingerprint density at radius 3 is 2.84 bits per heavy atom. The van der Waals surface area contributed by atoms with E-state index in [2.05, 4.69) is 28.4 Å². The molecule has 0 saturated heterocycles. The van der Waals surface area contributed by atoms with Gasteiger partial charge in [0.2, 0.25) is 0 Å². The van der Waals surface area contributed by atoms with Crippen LogP contribution in [0.4, 0.5) is 4.39 Å². The highest BCUT2D eigenvalue weighted by atomic mass is 19.1. The Hall–Kier alpha value is -3.97. The highest BCUT2D eigenvalue weighted by Crippen LogP contribution is 2.39. The van der Waals surface area contributed by atoms with E-state index >= 15 is 4.39 Å². The Balaban J connectivity index is 1.38. The van der Waals surface area contributed by atoms with Gasteiger partial charge in [0.25, 0.3) is 0 Å². The van der Waals surface area contributed by atoms with Crippen LogP contribution in [0.5, 0.6) is 5.75 Å². The molecule has 6 nitrogen and oxygen atoms in total. The SMILES string of the molecule is Cc1[nH]nc2c1-c1c(F)ccc3c(CCCOc4cccc5ccccc45)c(C=O)n(c13)CCCCOC2. The van der Waals surface area contributed by atoms with Gasteiger partial charge in [-0.2, -0.15) is 5.10 Å². The topological polar surface area (TPSA) is 69.1 Å². The van der Waals surface area contributed by atoms with E-state index in [1.807, 2.05) is 41.8 Å². The first kappa shape index (κ1) is 24.4. The van der Waals surface area contributed by atoms with E-state index in [9.17, 15) is 4.79 Å². The number of ether oxygens (including phenoxy) is 2. The van der Waals surface area contributed by atoms with E-state index in [0.717, 1.165) is 69.8 Å². The van der Waals surface area contributed by atoms with Crippen molar-refractivity contribution in [3.05, 3.63) is 83.1 Å². The van der Waals surface area contributed by atoms with Crippen molar-refractivity contribution in [3.8, 4) is 16.9 Å². The largest absolute Gasteiger partial charge is 0.493 e. The highest BCUT2D eigenvalue weighted by Gasteiger charge is 2.26. The van der Waals surface area contributed by atoms with Crippen LogP contribution in [0.3, 0.4) is 0 Å². The van der Waals surface area contributed by atoms with Gasteiger partial charge in [0.05, 0.1) is 30.1 Å². The molecule has 0 bridgehead atoms. The summed E-state index contributed by atoms with van der Waals surface area (Å²) in [5.41, 5.74) is 4.96. The van der Waals surface area contributed by atoms with Gasteiger partial charge in [-0.25, -0.2) is 4.39 Å². The van der Waals surface area contributed by atoms with Gasteiger partial charge in [0.1, 0.15) is 11.6 Å². The molecule has 3 aromatic carbocycles. The molecule has 0 fully saturated rings. The molecular weight excluding hydrogens is 481 g/mol. The first-order valence-electron chi connectivity index (χ1n) is 13.2. The third-order valence-corrected chi connectivity index (χ3v) is 7.44. The van der Waals surface area contributed by atoms with Gasteiger partial charge >= 0.3 is 0 Å². The number of aromatic amines is 1. The minimum absolute atomic E-state index is 0.315. The number of hydrogen-bond acceptors (Lipinski definition) is 4. The van der Waals surface area contributed by atoms with Gasteiger partial charge in [0, 0.05) is 40.7 Å². The Bertz CT molecular complexity index is 1630. The molecule has 0 aliphatic carbocycles. The summed E-state index contributed by atoms with van der Waals surface area (Å²) in [5, 5.41) is 10.5. The summed E-state index contributed by atoms with van der Waals surface area (Å²) in [6.07, 6.45) is 3.96. The van der Waals surface area contributed by atoms with Crippen LogP contribution in [0.25, 0.3) is 32.8 Å². The van der Waals surface area contributed by atoms with Crippen molar-refractivity contribution < 1.29 is 18.7 Å². The predicted molar refractivity (Wildman–Crippen MR) is 146 cm³/mol. The number of nitrogens with one attached hydrogen (secondary N) is 1. The molecule has 2 aromatic heterocycles. The summed E-state index contributed by atoms with van der Waals surface area (Å²) < 4.78 is 29.6. The average Bonchev–Trinajstić information content (AvgIpc) is 3.43. The second-order valence-corrected chi connectivity index (χ2v) is 9.81. The van der Waals surface area contributed by atoms with Crippen molar-refractivity contribution in [1.82, 2.24) is 14.8 Å². The van der Waals surface area contributed by atoms with Gasteiger partial charge in [-0.3, -0.25) is 9.89 Å². The Labute approximate surface area is 220 Å². The van der Waals surface area contributed by atoms with Gasteiger partial charge in [-0.1, -0.05) is 36.4 Å². The number of aromatic nitrogens is 3. The number of rotatable bonds is 6. The molecule has 6 rings (SSSR count). The van der Waals surface area contributed by atoms with E-state index in [-0.39, 0.29) is 5.82 Å². The summed E-state index contributed by atoms with van der Waals surface area (Å²) in [5.74, 6) is 0.523. The summed E-state index contributed by atoms with van der Waals surface area (Å²) in [6.45, 7) is 3.92. The number of aldehydes is 1. The van der Waals surface area contributed by atoms with Crippen LogP contribution in [0, 0.1) is 12.7 Å². The lowest BCUT2D eigenvalue weighted by Crippen LogP contribution is -2.06. The van der Waals surface area contributed by atoms with E-state index in [1.54, 1.807) is 0 Å². The van der Waals surface area contributed by atoms with Crippen LogP contribution in [0.2, 0.25) is 0 Å². The number of nitrogens with zero attached hydrogens (tertiary/aromatic N) is 2. The lowest BCUT2D eigenvalue weighted by molar-refractivity contribution is 0.111. The minimum Gasteiger partial charge on any atom is -0.493 e. The molecule has 0 spiro atoms. The summed E-state index contributed by atoms with van der Waals surface area (Å²) in [4.78, 5) is 12.5. The monoisotopic (exact) mass is 511 g/mol. The number of H-pyrrole nitrogens is 1. The fourth-order valence-corrected chi connectivity index (χ4v) is 5.69. The van der Waals surface area contributed by atoms with E-state index in [4.69, 9.17) is 9.47 Å². The quantitative estimate of drug-likeness (QED) is 0.202. The number of benzene rings is 3. The Morgan fingerprint density at radius 2 is 1.95 bits per heavy atom. The second kappa shape index (κ2) is 10.4. The molecule has 1 aliphatic rings. The molecular formula is C31H30FN3O3. The van der Waals surface area contributed by atoms with Crippen molar-refractivity contribution in [1.29, 1.82) is 0 Å².